The summed E-state index contributed by atoms with van der Waals surface area (Å²) < 4.78 is 3.81. The van der Waals surface area contributed by atoms with E-state index in [9.17, 15) is 0 Å². The zero-order chi connectivity index (χ0) is 14.5. The predicted molar refractivity (Wildman–Crippen MR) is 80.9 cm³/mol. The molecule has 0 aliphatic heterocycles. The summed E-state index contributed by atoms with van der Waals surface area (Å²) in [5, 5.41) is 13.1. The highest BCUT2D eigenvalue weighted by Gasteiger charge is 2.13. The van der Waals surface area contributed by atoms with Crippen molar-refractivity contribution in [2.45, 2.75) is 39.8 Å². The van der Waals surface area contributed by atoms with Crippen molar-refractivity contribution in [1.29, 1.82) is 0 Å². The molecule has 1 N–H and O–H groups in total. The van der Waals surface area contributed by atoms with Crippen LogP contribution in [0.15, 0.2) is 12.3 Å². The van der Waals surface area contributed by atoms with Crippen molar-refractivity contribution in [3.05, 3.63) is 34.4 Å². The minimum absolute atomic E-state index is 0.743. The summed E-state index contributed by atoms with van der Waals surface area (Å²) in [6.45, 7) is 6.62. The lowest BCUT2D eigenvalue weighted by molar-refractivity contribution is 0.576. The molecule has 0 unspecified atom stereocenters. The monoisotopic (exact) mass is 295 g/mol. The van der Waals surface area contributed by atoms with Gasteiger partial charge in [0, 0.05) is 39.3 Å². The first-order valence-electron chi connectivity index (χ1n) is 7.09. The number of aryl methyl sites for hydroxylation is 3. The second kappa shape index (κ2) is 6.90. The summed E-state index contributed by atoms with van der Waals surface area (Å²) in [6.07, 6.45) is 3.75. The molecule has 6 heteroatoms. The van der Waals surface area contributed by atoms with E-state index in [1.807, 2.05) is 28.7 Å². The first kappa shape index (κ1) is 15.1. The molecule has 2 heterocycles. The third kappa shape index (κ3) is 3.41. The first-order valence-corrected chi connectivity index (χ1v) is 7.46. The van der Waals surface area contributed by atoms with Gasteiger partial charge in [-0.15, -0.1) is 0 Å². The molecule has 110 valence electrons. The fraction of sp³-hybridized carbons (Fsp3) is 0.571. The molecule has 0 saturated carbocycles. The molecule has 0 bridgehead atoms. The fourth-order valence-corrected chi connectivity index (χ4v) is 2.54. The highest BCUT2D eigenvalue weighted by atomic mass is 35.5. The van der Waals surface area contributed by atoms with Crippen LogP contribution in [0.4, 0.5) is 0 Å². The summed E-state index contributed by atoms with van der Waals surface area (Å²) in [5.41, 5.74) is 3.16. The minimum Gasteiger partial charge on any atom is -0.311 e. The van der Waals surface area contributed by atoms with E-state index < -0.39 is 0 Å². The lowest BCUT2D eigenvalue weighted by atomic mass is 10.3. The van der Waals surface area contributed by atoms with Gasteiger partial charge in [-0.1, -0.05) is 18.5 Å². The van der Waals surface area contributed by atoms with Gasteiger partial charge in [-0.05, 0) is 19.4 Å². The van der Waals surface area contributed by atoms with Crippen LogP contribution in [-0.4, -0.2) is 26.1 Å². The van der Waals surface area contributed by atoms with Gasteiger partial charge in [0.25, 0.3) is 0 Å². The van der Waals surface area contributed by atoms with E-state index in [1.165, 1.54) is 0 Å². The molecule has 0 atom stereocenters. The van der Waals surface area contributed by atoms with E-state index in [1.54, 1.807) is 0 Å². The van der Waals surface area contributed by atoms with Crippen molar-refractivity contribution in [1.82, 2.24) is 24.9 Å². The summed E-state index contributed by atoms with van der Waals surface area (Å²) >= 11 is 6.37. The van der Waals surface area contributed by atoms with Crippen molar-refractivity contribution in [2.75, 3.05) is 6.54 Å². The Morgan fingerprint density at radius 1 is 1.30 bits per heavy atom. The van der Waals surface area contributed by atoms with Crippen LogP contribution in [0.3, 0.4) is 0 Å². The van der Waals surface area contributed by atoms with Crippen LogP contribution >= 0.6 is 11.6 Å². The highest BCUT2D eigenvalue weighted by molar-refractivity contribution is 6.31. The molecule has 0 amide bonds. The van der Waals surface area contributed by atoms with E-state index in [4.69, 9.17) is 11.6 Å². The van der Waals surface area contributed by atoms with Crippen molar-refractivity contribution >= 4 is 11.6 Å². The van der Waals surface area contributed by atoms with E-state index in [-0.39, 0.29) is 0 Å². The number of aromatic nitrogens is 4. The molecule has 0 fully saturated rings. The molecule has 0 spiro atoms. The van der Waals surface area contributed by atoms with Crippen molar-refractivity contribution < 1.29 is 0 Å². The fourth-order valence-electron chi connectivity index (χ4n) is 2.21. The zero-order valence-electron chi connectivity index (χ0n) is 12.4. The predicted octanol–water partition coefficient (Wildman–Crippen LogP) is 2.18. The molecule has 2 aromatic rings. The topological polar surface area (TPSA) is 47.7 Å². The minimum atomic E-state index is 0.743. The van der Waals surface area contributed by atoms with Crippen LogP contribution in [-0.2, 0) is 33.0 Å². The lowest BCUT2D eigenvalue weighted by Gasteiger charge is -2.06. The second-order valence-corrected chi connectivity index (χ2v) is 5.16. The second-order valence-electron chi connectivity index (χ2n) is 4.78. The van der Waals surface area contributed by atoms with Crippen LogP contribution < -0.4 is 5.32 Å². The molecule has 20 heavy (non-hydrogen) atoms. The molecule has 2 aromatic heterocycles. The smallest absolute Gasteiger partial charge is 0.0863 e. The van der Waals surface area contributed by atoms with Crippen molar-refractivity contribution in [3.63, 3.8) is 0 Å². The number of nitrogens with zero attached hydrogens (tertiary/aromatic N) is 4. The van der Waals surface area contributed by atoms with Gasteiger partial charge in [-0.2, -0.15) is 10.2 Å². The van der Waals surface area contributed by atoms with Crippen LogP contribution in [0.5, 0.6) is 0 Å². The molecule has 0 aliphatic carbocycles. The van der Waals surface area contributed by atoms with Crippen molar-refractivity contribution in [3.8, 4) is 0 Å². The van der Waals surface area contributed by atoms with Gasteiger partial charge in [0.2, 0.25) is 0 Å². The Bertz CT molecular complexity index is 558. The average molecular weight is 296 g/mol. The summed E-state index contributed by atoms with van der Waals surface area (Å²) in [6, 6.07) is 2.04. The van der Waals surface area contributed by atoms with Gasteiger partial charge in [-0.3, -0.25) is 9.36 Å². The number of nitrogens with one attached hydrogen (secondary N) is 1. The van der Waals surface area contributed by atoms with Gasteiger partial charge in [-0.25, -0.2) is 0 Å². The Labute approximate surface area is 124 Å². The standard InChI is InChI=1S/C14H22ClN5/c1-4-12-14(15)13(20(5-2)18-12)10-16-8-6-11-7-9-19(3)17-11/h7,9,16H,4-6,8,10H2,1-3H3. The first-order chi connectivity index (χ1) is 9.65. The third-order valence-electron chi connectivity index (χ3n) is 3.31. The Kier molecular flexibility index (Phi) is 5.20. The third-order valence-corrected chi connectivity index (χ3v) is 3.75. The summed E-state index contributed by atoms with van der Waals surface area (Å²) in [7, 11) is 1.93. The van der Waals surface area contributed by atoms with Gasteiger partial charge in [0.05, 0.1) is 22.1 Å². The Hall–Kier alpha value is -1.33. The van der Waals surface area contributed by atoms with Gasteiger partial charge in [0.15, 0.2) is 0 Å². The molecule has 0 aromatic carbocycles. The molecular formula is C14H22ClN5. The molecule has 0 aliphatic rings. The average Bonchev–Trinajstić information content (AvgIpc) is 2.99. The lowest BCUT2D eigenvalue weighted by Crippen LogP contribution is -2.19. The van der Waals surface area contributed by atoms with Gasteiger partial charge < -0.3 is 5.32 Å². The molecular weight excluding hydrogens is 274 g/mol. The Morgan fingerprint density at radius 2 is 2.10 bits per heavy atom. The largest absolute Gasteiger partial charge is 0.311 e. The van der Waals surface area contributed by atoms with E-state index in [0.29, 0.717) is 0 Å². The normalized spacial score (nSPS) is 11.2. The molecule has 5 nitrogen and oxygen atoms in total. The van der Waals surface area contributed by atoms with Crippen LogP contribution in [0, 0.1) is 0 Å². The maximum absolute atomic E-state index is 6.37. The highest BCUT2D eigenvalue weighted by Crippen LogP contribution is 2.21. The van der Waals surface area contributed by atoms with Crippen LogP contribution in [0.25, 0.3) is 0 Å². The van der Waals surface area contributed by atoms with Gasteiger partial charge in [0.1, 0.15) is 0 Å². The molecule has 0 saturated heterocycles. The number of hydrogen-bond acceptors (Lipinski definition) is 3. The number of hydrogen-bond donors (Lipinski definition) is 1. The maximum atomic E-state index is 6.37. The van der Waals surface area contributed by atoms with Gasteiger partial charge >= 0.3 is 0 Å². The van der Waals surface area contributed by atoms with E-state index >= 15 is 0 Å². The number of halogens is 1. The van der Waals surface area contributed by atoms with Crippen LogP contribution in [0.2, 0.25) is 5.02 Å². The Balaban J connectivity index is 1.89. The number of rotatable bonds is 7. The van der Waals surface area contributed by atoms with E-state index in [0.717, 1.165) is 54.6 Å². The van der Waals surface area contributed by atoms with Crippen molar-refractivity contribution in [2.24, 2.45) is 7.05 Å². The maximum Gasteiger partial charge on any atom is 0.0863 e. The van der Waals surface area contributed by atoms with Crippen LogP contribution in [0.1, 0.15) is 30.9 Å². The molecule has 2 rings (SSSR count). The zero-order valence-corrected chi connectivity index (χ0v) is 13.1. The molecule has 0 radical (unpaired) electrons. The Morgan fingerprint density at radius 3 is 2.70 bits per heavy atom. The quantitative estimate of drug-likeness (QED) is 0.797. The summed E-state index contributed by atoms with van der Waals surface area (Å²) in [5.74, 6) is 0. The van der Waals surface area contributed by atoms with E-state index in [2.05, 4.69) is 29.4 Å². The summed E-state index contributed by atoms with van der Waals surface area (Å²) in [4.78, 5) is 0. The SMILES string of the molecule is CCc1nn(CC)c(CNCCc2ccn(C)n2)c1Cl.